The van der Waals surface area contributed by atoms with Crippen LogP contribution in [0.3, 0.4) is 0 Å². The molecule has 3 aromatic rings. The topological polar surface area (TPSA) is 187 Å². The fourth-order valence-electron chi connectivity index (χ4n) is 4.84. The molecule has 1 aromatic heterocycles. The van der Waals surface area contributed by atoms with Gasteiger partial charge in [0.2, 0.25) is 17.7 Å². The van der Waals surface area contributed by atoms with Gasteiger partial charge in [-0.05, 0) is 94.0 Å². The number of hydrogen-bond donors (Lipinski definition) is 8. The number of carbonyl (C=O) groups excluding carboxylic acids is 3. The molecule has 43 heavy (non-hydrogen) atoms. The average Bonchev–Trinajstić information content (AvgIpc) is 3.42. The Kier molecular flexibility index (Phi) is 14.5. The van der Waals surface area contributed by atoms with Crippen molar-refractivity contribution < 1.29 is 19.5 Å². The second-order valence-electron chi connectivity index (χ2n) is 10.7. The molecule has 0 spiro atoms. The molecule has 0 radical (unpaired) electrons. The third-order valence-corrected chi connectivity index (χ3v) is 7.29. The minimum atomic E-state index is -0.890. The van der Waals surface area contributed by atoms with Crippen LogP contribution in [0, 0.1) is 0 Å². The fourth-order valence-corrected chi connectivity index (χ4v) is 4.84. The SMILES string of the molecule is NCCCNCCCCNC(=O)C(CCCN)NC(=O)C(Cc1c[nH]c2ccccc12)NC(=O)CCc1ccc(O)cc1. The highest BCUT2D eigenvalue weighted by Crippen LogP contribution is 2.19. The molecule has 0 aliphatic heterocycles. The predicted molar refractivity (Wildman–Crippen MR) is 169 cm³/mol. The number of aromatic amines is 1. The van der Waals surface area contributed by atoms with Crippen LogP contribution in [0.15, 0.2) is 54.7 Å². The molecule has 0 aliphatic carbocycles. The average molecular weight is 594 g/mol. The van der Waals surface area contributed by atoms with Gasteiger partial charge in [0, 0.05) is 36.5 Å². The molecule has 3 amide bonds. The van der Waals surface area contributed by atoms with E-state index in [1.807, 2.05) is 30.5 Å². The Hall–Kier alpha value is -3.93. The van der Waals surface area contributed by atoms with Crippen molar-refractivity contribution in [2.75, 3.05) is 32.7 Å². The maximum atomic E-state index is 13.6. The number of unbranched alkanes of at least 4 members (excludes halogenated alkanes) is 1. The van der Waals surface area contributed by atoms with Gasteiger partial charge in [0.05, 0.1) is 0 Å². The first-order valence-corrected chi connectivity index (χ1v) is 15.2. The van der Waals surface area contributed by atoms with Crippen molar-refractivity contribution in [2.24, 2.45) is 11.5 Å². The Bertz CT molecular complexity index is 1280. The molecule has 0 saturated heterocycles. The lowest BCUT2D eigenvalue weighted by atomic mass is 10.0. The summed E-state index contributed by atoms with van der Waals surface area (Å²) in [6.07, 6.45) is 6.32. The van der Waals surface area contributed by atoms with Gasteiger partial charge in [-0.15, -0.1) is 0 Å². The molecule has 2 unspecified atom stereocenters. The Balaban J connectivity index is 1.64. The summed E-state index contributed by atoms with van der Waals surface area (Å²) in [4.78, 5) is 42.9. The normalized spacial score (nSPS) is 12.5. The lowest BCUT2D eigenvalue weighted by Gasteiger charge is -2.23. The molecule has 0 fully saturated rings. The summed E-state index contributed by atoms with van der Waals surface area (Å²) in [5.41, 5.74) is 13.9. The number of aryl methyl sites for hydroxylation is 1. The zero-order chi connectivity index (χ0) is 30.9. The second-order valence-corrected chi connectivity index (χ2v) is 10.7. The smallest absolute Gasteiger partial charge is 0.243 e. The fraction of sp³-hybridized carbons (Fsp3) is 0.469. The lowest BCUT2D eigenvalue weighted by molar-refractivity contribution is -0.132. The van der Waals surface area contributed by atoms with Crippen molar-refractivity contribution in [3.8, 4) is 5.75 Å². The summed E-state index contributed by atoms with van der Waals surface area (Å²) in [7, 11) is 0. The van der Waals surface area contributed by atoms with Crippen molar-refractivity contribution in [3.05, 3.63) is 65.9 Å². The minimum Gasteiger partial charge on any atom is -0.508 e. The van der Waals surface area contributed by atoms with E-state index in [1.165, 1.54) is 0 Å². The quantitative estimate of drug-likeness (QED) is 0.0913. The zero-order valence-corrected chi connectivity index (χ0v) is 24.9. The van der Waals surface area contributed by atoms with Gasteiger partial charge >= 0.3 is 0 Å². The van der Waals surface area contributed by atoms with Gasteiger partial charge in [-0.3, -0.25) is 14.4 Å². The molecule has 0 aliphatic rings. The first-order chi connectivity index (χ1) is 20.9. The molecule has 11 heteroatoms. The molecule has 2 atom stereocenters. The Morgan fingerprint density at radius 1 is 0.814 bits per heavy atom. The molecule has 1 heterocycles. The third kappa shape index (κ3) is 11.7. The molecular weight excluding hydrogens is 546 g/mol. The molecule has 10 N–H and O–H groups in total. The number of aromatic hydroxyl groups is 1. The highest BCUT2D eigenvalue weighted by molar-refractivity contribution is 5.93. The van der Waals surface area contributed by atoms with Crippen molar-refractivity contribution in [2.45, 2.75) is 63.5 Å². The van der Waals surface area contributed by atoms with Crippen molar-refractivity contribution in [3.63, 3.8) is 0 Å². The Morgan fingerprint density at radius 3 is 2.30 bits per heavy atom. The number of aromatic nitrogens is 1. The Morgan fingerprint density at radius 2 is 1.53 bits per heavy atom. The van der Waals surface area contributed by atoms with Crippen molar-refractivity contribution >= 4 is 28.6 Å². The van der Waals surface area contributed by atoms with E-state index in [0.717, 1.165) is 54.4 Å². The first kappa shape index (κ1) is 33.6. The molecular formula is C32H47N7O4. The van der Waals surface area contributed by atoms with Gasteiger partial charge in [0.1, 0.15) is 17.8 Å². The summed E-state index contributed by atoms with van der Waals surface area (Å²) in [5, 5.41) is 22.5. The van der Waals surface area contributed by atoms with Crippen LogP contribution in [-0.4, -0.2) is 72.6 Å². The molecule has 234 valence electrons. The third-order valence-electron chi connectivity index (χ3n) is 7.29. The maximum Gasteiger partial charge on any atom is 0.243 e. The lowest BCUT2D eigenvalue weighted by Crippen LogP contribution is -2.54. The number of carbonyl (C=O) groups is 3. The highest BCUT2D eigenvalue weighted by Gasteiger charge is 2.27. The van der Waals surface area contributed by atoms with E-state index in [4.69, 9.17) is 11.5 Å². The number of benzene rings is 2. The summed E-state index contributed by atoms with van der Waals surface area (Å²) in [6, 6.07) is 12.8. The van der Waals surface area contributed by atoms with Crippen LogP contribution in [0.4, 0.5) is 0 Å². The van der Waals surface area contributed by atoms with Crippen molar-refractivity contribution in [1.29, 1.82) is 0 Å². The maximum absolute atomic E-state index is 13.6. The zero-order valence-electron chi connectivity index (χ0n) is 24.9. The summed E-state index contributed by atoms with van der Waals surface area (Å²) in [5.74, 6) is -0.810. The van der Waals surface area contributed by atoms with Crippen LogP contribution in [0.5, 0.6) is 5.75 Å². The standard InChI is InChI=1S/C32H47N7O4/c33-16-5-9-28(31(42)36-20-4-3-18-35-19-6-17-34)39-32(43)29(21-24-22-37-27-8-2-1-7-26(24)27)38-30(41)15-12-23-10-13-25(40)14-11-23/h1-2,7-8,10-11,13-14,22,28-29,35,37,40H,3-6,9,12,15-21,33-34H2,(H,36,42)(H,38,41)(H,39,43). The number of rotatable bonds is 20. The molecule has 2 aromatic carbocycles. The van der Waals surface area contributed by atoms with Crippen LogP contribution in [-0.2, 0) is 27.2 Å². The first-order valence-electron chi connectivity index (χ1n) is 15.2. The number of H-pyrrole nitrogens is 1. The number of nitrogens with one attached hydrogen (secondary N) is 5. The second kappa shape index (κ2) is 18.6. The summed E-state index contributed by atoms with van der Waals surface area (Å²) >= 11 is 0. The molecule has 0 saturated carbocycles. The van der Waals surface area contributed by atoms with Crippen LogP contribution >= 0.6 is 0 Å². The van der Waals surface area contributed by atoms with Gasteiger partial charge in [0.15, 0.2) is 0 Å². The van der Waals surface area contributed by atoms with Gasteiger partial charge in [0.25, 0.3) is 0 Å². The summed E-state index contributed by atoms with van der Waals surface area (Å²) < 4.78 is 0. The van der Waals surface area contributed by atoms with E-state index < -0.39 is 18.0 Å². The van der Waals surface area contributed by atoms with E-state index >= 15 is 0 Å². The number of phenols is 1. The molecule has 0 bridgehead atoms. The van der Waals surface area contributed by atoms with Crippen LogP contribution in [0.2, 0.25) is 0 Å². The largest absolute Gasteiger partial charge is 0.508 e. The Labute approximate surface area is 253 Å². The van der Waals surface area contributed by atoms with Gasteiger partial charge in [-0.25, -0.2) is 0 Å². The van der Waals surface area contributed by atoms with Crippen molar-refractivity contribution in [1.82, 2.24) is 26.3 Å². The number of nitrogens with two attached hydrogens (primary N) is 2. The number of fused-ring (bicyclic) bond motifs is 1. The van der Waals surface area contributed by atoms with Gasteiger partial charge in [-0.1, -0.05) is 30.3 Å². The van der Waals surface area contributed by atoms with Crippen LogP contribution < -0.4 is 32.7 Å². The van der Waals surface area contributed by atoms with E-state index in [-0.39, 0.29) is 30.4 Å². The van der Waals surface area contributed by atoms with Crippen LogP contribution in [0.25, 0.3) is 10.9 Å². The monoisotopic (exact) mass is 593 g/mol. The molecule has 3 rings (SSSR count). The number of amides is 3. The number of hydrogen-bond acceptors (Lipinski definition) is 7. The van der Waals surface area contributed by atoms with E-state index in [0.29, 0.717) is 38.9 Å². The minimum absolute atomic E-state index is 0.159. The van der Waals surface area contributed by atoms with Crippen LogP contribution in [0.1, 0.15) is 49.7 Å². The van der Waals surface area contributed by atoms with E-state index in [1.54, 1.807) is 24.3 Å². The summed E-state index contributed by atoms with van der Waals surface area (Å²) in [6.45, 7) is 3.28. The molecule has 11 nitrogen and oxygen atoms in total. The van der Waals surface area contributed by atoms with E-state index in [2.05, 4.69) is 26.3 Å². The van der Waals surface area contributed by atoms with Gasteiger partial charge in [-0.2, -0.15) is 0 Å². The van der Waals surface area contributed by atoms with E-state index in [9.17, 15) is 19.5 Å². The highest BCUT2D eigenvalue weighted by atomic mass is 16.3. The number of phenolic OH excluding ortho intramolecular Hbond substituents is 1. The number of para-hydroxylation sites is 1. The van der Waals surface area contributed by atoms with Gasteiger partial charge < -0.3 is 42.8 Å². The predicted octanol–water partition coefficient (Wildman–Crippen LogP) is 1.59.